The van der Waals surface area contributed by atoms with Crippen LogP contribution in [0.4, 0.5) is 5.13 Å². The SMILES string of the molecule is CCO[C@@H]1CCN(C(=O)CN2CCN(C(=O)Cc3csc(NC(=O)c4ccc(Cl)cc4)n3)CC2)C1. The summed E-state index contributed by atoms with van der Waals surface area (Å²) in [5, 5.41) is 5.56. The van der Waals surface area contributed by atoms with Crippen LogP contribution >= 0.6 is 22.9 Å². The molecule has 0 aliphatic carbocycles. The van der Waals surface area contributed by atoms with E-state index in [1.54, 1.807) is 29.6 Å². The van der Waals surface area contributed by atoms with Crippen LogP contribution in [-0.2, 0) is 20.7 Å². The lowest BCUT2D eigenvalue weighted by Gasteiger charge is -2.35. The number of rotatable bonds is 8. The number of thiazole rings is 1. The van der Waals surface area contributed by atoms with Crippen LogP contribution in [0.3, 0.4) is 0 Å². The number of hydrogen-bond acceptors (Lipinski definition) is 7. The Kier molecular flexibility index (Phi) is 8.72. The molecule has 1 aromatic carbocycles. The normalized spacial score (nSPS) is 18.6. The monoisotopic (exact) mass is 519 g/mol. The van der Waals surface area contributed by atoms with Crippen LogP contribution in [0, 0.1) is 0 Å². The van der Waals surface area contributed by atoms with Gasteiger partial charge in [0.2, 0.25) is 11.8 Å². The molecule has 0 spiro atoms. The van der Waals surface area contributed by atoms with Gasteiger partial charge in [0.05, 0.1) is 24.8 Å². The number of piperazine rings is 1. The Morgan fingerprint density at radius 3 is 2.54 bits per heavy atom. The number of aromatic nitrogens is 1. The summed E-state index contributed by atoms with van der Waals surface area (Å²) < 4.78 is 5.63. The molecule has 0 saturated carbocycles. The summed E-state index contributed by atoms with van der Waals surface area (Å²) in [6.07, 6.45) is 1.22. The first kappa shape index (κ1) is 25.6. The van der Waals surface area contributed by atoms with Crippen molar-refractivity contribution in [3.05, 3.63) is 45.9 Å². The Labute approximate surface area is 214 Å². The maximum atomic E-state index is 12.8. The quantitative estimate of drug-likeness (QED) is 0.575. The molecule has 1 aromatic heterocycles. The predicted octanol–water partition coefficient (Wildman–Crippen LogP) is 2.37. The van der Waals surface area contributed by atoms with E-state index in [4.69, 9.17) is 16.3 Å². The first-order chi connectivity index (χ1) is 16.9. The Morgan fingerprint density at radius 1 is 1.09 bits per heavy atom. The first-order valence-corrected chi connectivity index (χ1v) is 13.1. The number of nitrogens with one attached hydrogen (secondary N) is 1. The van der Waals surface area contributed by atoms with Gasteiger partial charge in [0.15, 0.2) is 5.13 Å². The van der Waals surface area contributed by atoms with Crippen molar-refractivity contribution < 1.29 is 19.1 Å². The molecular formula is C24H30ClN5O4S. The largest absolute Gasteiger partial charge is 0.377 e. The van der Waals surface area contributed by atoms with Crippen LogP contribution in [0.1, 0.15) is 29.4 Å². The predicted molar refractivity (Wildman–Crippen MR) is 135 cm³/mol. The summed E-state index contributed by atoms with van der Waals surface area (Å²) in [5.41, 5.74) is 1.11. The van der Waals surface area contributed by atoms with Crippen molar-refractivity contribution in [2.75, 3.05) is 57.7 Å². The van der Waals surface area contributed by atoms with Gasteiger partial charge in [-0.05, 0) is 37.6 Å². The van der Waals surface area contributed by atoms with E-state index in [2.05, 4.69) is 15.2 Å². The minimum absolute atomic E-state index is 0.00375. The van der Waals surface area contributed by atoms with E-state index in [1.165, 1.54) is 11.3 Å². The zero-order valence-corrected chi connectivity index (χ0v) is 21.3. The fourth-order valence-corrected chi connectivity index (χ4v) is 5.09. The number of ether oxygens (including phenoxy) is 1. The molecule has 3 amide bonds. The molecule has 2 aromatic rings. The highest BCUT2D eigenvalue weighted by molar-refractivity contribution is 7.14. The molecule has 3 heterocycles. The number of halogens is 1. The van der Waals surface area contributed by atoms with Crippen LogP contribution in [0.15, 0.2) is 29.6 Å². The molecule has 0 radical (unpaired) electrons. The molecule has 2 saturated heterocycles. The second kappa shape index (κ2) is 11.9. The first-order valence-electron chi connectivity index (χ1n) is 11.8. The van der Waals surface area contributed by atoms with Crippen molar-refractivity contribution in [2.45, 2.75) is 25.9 Å². The molecular weight excluding hydrogens is 490 g/mol. The Bertz CT molecular complexity index is 1040. The van der Waals surface area contributed by atoms with Crippen molar-refractivity contribution in [2.24, 2.45) is 0 Å². The van der Waals surface area contributed by atoms with Crippen LogP contribution in [0.5, 0.6) is 0 Å². The van der Waals surface area contributed by atoms with Gasteiger partial charge in [-0.3, -0.25) is 24.6 Å². The van der Waals surface area contributed by atoms with Gasteiger partial charge >= 0.3 is 0 Å². The number of carbonyl (C=O) groups is 3. The second-order valence-electron chi connectivity index (χ2n) is 8.64. The number of amides is 3. The van der Waals surface area contributed by atoms with E-state index in [0.717, 1.165) is 13.0 Å². The zero-order chi connectivity index (χ0) is 24.8. The van der Waals surface area contributed by atoms with Gasteiger partial charge in [-0.2, -0.15) is 0 Å². The topological polar surface area (TPSA) is 95.1 Å². The molecule has 4 rings (SSSR count). The zero-order valence-electron chi connectivity index (χ0n) is 19.7. The molecule has 9 nitrogen and oxygen atoms in total. The molecule has 2 aliphatic heterocycles. The highest BCUT2D eigenvalue weighted by Crippen LogP contribution is 2.19. The van der Waals surface area contributed by atoms with E-state index < -0.39 is 0 Å². The molecule has 0 unspecified atom stereocenters. The Morgan fingerprint density at radius 2 is 1.83 bits per heavy atom. The average Bonchev–Trinajstić information content (AvgIpc) is 3.50. The third kappa shape index (κ3) is 7.00. The smallest absolute Gasteiger partial charge is 0.257 e. The number of nitrogens with zero attached hydrogens (tertiary/aromatic N) is 4. The summed E-state index contributed by atoms with van der Waals surface area (Å²) in [7, 11) is 0. The average molecular weight is 520 g/mol. The summed E-state index contributed by atoms with van der Waals surface area (Å²) in [5.74, 6) is -0.152. The van der Waals surface area contributed by atoms with E-state index >= 15 is 0 Å². The third-order valence-corrected chi connectivity index (χ3v) is 7.25. The van der Waals surface area contributed by atoms with Crippen LogP contribution in [0.25, 0.3) is 0 Å². The van der Waals surface area contributed by atoms with Crippen molar-refractivity contribution >= 4 is 45.8 Å². The summed E-state index contributed by atoms with van der Waals surface area (Å²) >= 11 is 7.15. The van der Waals surface area contributed by atoms with Gasteiger partial charge in [0, 0.05) is 61.8 Å². The fourth-order valence-electron chi connectivity index (χ4n) is 4.26. The Balaban J connectivity index is 1.19. The molecule has 0 bridgehead atoms. The highest BCUT2D eigenvalue weighted by Gasteiger charge is 2.29. The number of benzene rings is 1. The van der Waals surface area contributed by atoms with E-state index in [9.17, 15) is 14.4 Å². The van der Waals surface area contributed by atoms with Gasteiger partial charge in [0.25, 0.3) is 5.91 Å². The number of likely N-dealkylation sites (tertiary alicyclic amines) is 1. The van der Waals surface area contributed by atoms with Crippen LogP contribution in [-0.4, -0.2) is 95.9 Å². The van der Waals surface area contributed by atoms with E-state index in [-0.39, 0.29) is 30.2 Å². The maximum absolute atomic E-state index is 12.8. The van der Waals surface area contributed by atoms with Crippen molar-refractivity contribution in [1.29, 1.82) is 0 Å². The minimum Gasteiger partial charge on any atom is -0.377 e. The van der Waals surface area contributed by atoms with Gasteiger partial charge in [-0.25, -0.2) is 4.98 Å². The molecule has 35 heavy (non-hydrogen) atoms. The maximum Gasteiger partial charge on any atom is 0.257 e. The van der Waals surface area contributed by atoms with Crippen molar-refractivity contribution in [3.63, 3.8) is 0 Å². The van der Waals surface area contributed by atoms with Gasteiger partial charge in [0.1, 0.15) is 0 Å². The lowest BCUT2D eigenvalue weighted by molar-refractivity contribution is -0.134. The van der Waals surface area contributed by atoms with Crippen molar-refractivity contribution in [3.8, 4) is 0 Å². The Hall–Kier alpha value is -2.53. The number of hydrogen-bond donors (Lipinski definition) is 1. The van der Waals surface area contributed by atoms with Gasteiger partial charge in [-0.15, -0.1) is 11.3 Å². The van der Waals surface area contributed by atoms with Gasteiger partial charge in [-0.1, -0.05) is 11.6 Å². The van der Waals surface area contributed by atoms with E-state index in [0.29, 0.717) is 67.3 Å². The standard InChI is InChI=1S/C24H30ClN5O4S/c1-2-34-20-7-8-30(14-20)22(32)15-28-9-11-29(12-10-28)21(31)13-19-16-35-24(26-19)27-23(33)17-3-5-18(25)6-4-17/h3-6,16,20H,2,7-15H2,1H3,(H,26,27,33)/t20-/m1/s1. The summed E-state index contributed by atoms with van der Waals surface area (Å²) in [4.78, 5) is 47.9. The second-order valence-corrected chi connectivity index (χ2v) is 9.94. The minimum atomic E-state index is -0.276. The highest BCUT2D eigenvalue weighted by atomic mass is 35.5. The lowest BCUT2D eigenvalue weighted by atomic mass is 10.2. The fraction of sp³-hybridized carbons (Fsp3) is 0.500. The van der Waals surface area contributed by atoms with Crippen LogP contribution in [0.2, 0.25) is 5.02 Å². The lowest BCUT2D eigenvalue weighted by Crippen LogP contribution is -2.51. The summed E-state index contributed by atoms with van der Waals surface area (Å²) in [6, 6.07) is 6.60. The molecule has 1 atom stereocenters. The molecule has 2 fully saturated rings. The third-order valence-electron chi connectivity index (χ3n) is 6.19. The molecule has 1 N–H and O–H groups in total. The molecule has 11 heteroatoms. The molecule has 2 aliphatic rings. The van der Waals surface area contributed by atoms with E-state index in [1.807, 2.05) is 16.7 Å². The number of carbonyl (C=O) groups excluding carboxylic acids is 3. The van der Waals surface area contributed by atoms with Gasteiger partial charge < -0.3 is 14.5 Å². The summed E-state index contributed by atoms with van der Waals surface area (Å²) in [6.45, 7) is 6.93. The number of anilines is 1. The molecule has 188 valence electrons. The van der Waals surface area contributed by atoms with Crippen molar-refractivity contribution in [1.82, 2.24) is 19.7 Å². The van der Waals surface area contributed by atoms with Crippen LogP contribution < -0.4 is 5.32 Å².